The number of carboxylic acid groups (broad SMARTS) is 1. The SMILES string of the molecule is CN1C2CCC1CN(C(=O)c1cn(CC(=O)O)nn1)CC2. The lowest BCUT2D eigenvalue weighted by atomic mass is 10.1. The van der Waals surface area contributed by atoms with Crippen LogP contribution in [0.1, 0.15) is 29.8 Å². The van der Waals surface area contributed by atoms with Gasteiger partial charge in [0, 0.05) is 25.2 Å². The highest BCUT2D eigenvalue weighted by atomic mass is 16.4. The van der Waals surface area contributed by atoms with Gasteiger partial charge in [-0.25, -0.2) is 4.68 Å². The first-order valence-electron chi connectivity index (χ1n) is 7.17. The van der Waals surface area contributed by atoms with Crippen LogP contribution in [0.5, 0.6) is 0 Å². The lowest BCUT2D eigenvalue weighted by molar-refractivity contribution is -0.137. The highest BCUT2D eigenvalue weighted by Gasteiger charge is 2.36. The Balaban J connectivity index is 1.70. The summed E-state index contributed by atoms with van der Waals surface area (Å²) in [5, 5.41) is 16.2. The van der Waals surface area contributed by atoms with Crippen molar-refractivity contribution in [2.24, 2.45) is 0 Å². The van der Waals surface area contributed by atoms with Gasteiger partial charge in [-0.05, 0) is 26.3 Å². The lowest BCUT2D eigenvalue weighted by Crippen LogP contribution is -2.39. The topological polar surface area (TPSA) is 91.6 Å². The molecule has 2 unspecified atom stereocenters. The van der Waals surface area contributed by atoms with E-state index in [1.54, 1.807) is 0 Å². The van der Waals surface area contributed by atoms with Crippen molar-refractivity contribution in [1.29, 1.82) is 0 Å². The maximum atomic E-state index is 12.5. The summed E-state index contributed by atoms with van der Waals surface area (Å²) < 4.78 is 1.17. The second kappa shape index (κ2) is 5.44. The Kier molecular flexibility index (Phi) is 3.62. The molecule has 0 saturated carbocycles. The molecule has 8 nitrogen and oxygen atoms in total. The van der Waals surface area contributed by atoms with E-state index in [2.05, 4.69) is 22.3 Å². The second-order valence-electron chi connectivity index (χ2n) is 5.79. The molecular weight excluding hydrogens is 274 g/mol. The molecule has 3 heterocycles. The molecule has 0 spiro atoms. The third kappa shape index (κ3) is 2.76. The van der Waals surface area contributed by atoms with Gasteiger partial charge >= 0.3 is 5.97 Å². The van der Waals surface area contributed by atoms with Crippen molar-refractivity contribution in [3.63, 3.8) is 0 Å². The highest BCUT2D eigenvalue weighted by molar-refractivity contribution is 5.92. The Labute approximate surface area is 122 Å². The van der Waals surface area contributed by atoms with E-state index in [1.807, 2.05) is 4.90 Å². The number of aliphatic carboxylic acids is 1. The van der Waals surface area contributed by atoms with Crippen molar-refractivity contribution in [2.75, 3.05) is 20.1 Å². The number of rotatable bonds is 3. The van der Waals surface area contributed by atoms with Crippen molar-refractivity contribution in [3.05, 3.63) is 11.9 Å². The van der Waals surface area contributed by atoms with Gasteiger partial charge in [0.2, 0.25) is 0 Å². The van der Waals surface area contributed by atoms with E-state index < -0.39 is 5.97 Å². The van der Waals surface area contributed by atoms with Crippen molar-refractivity contribution in [3.8, 4) is 0 Å². The van der Waals surface area contributed by atoms with Gasteiger partial charge in [-0.3, -0.25) is 14.5 Å². The van der Waals surface area contributed by atoms with Crippen LogP contribution in [-0.2, 0) is 11.3 Å². The summed E-state index contributed by atoms with van der Waals surface area (Å²) >= 11 is 0. The van der Waals surface area contributed by atoms with Gasteiger partial charge in [0.1, 0.15) is 6.54 Å². The number of amides is 1. The van der Waals surface area contributed by atoms with Crippen molar-refractivity contribution in [1.82, 2.24) is 24.8 Å². The van der Waals surface area contributed by atoms with Crippen LogP contribution in [0.25, 0.3) is 0 Å². The Morgan fingerprint density at radius 1 is 1.33 bits per heavy atom. The first-order valence-corrected chi connectivity index (χ1v) is 7.17. The van der Waals surface area contributed by atoms with Crippen molar-refractivity contribution in [2.45, 2.75) is 37.9 Å². The average Bonchev–Trinajstić information content (AvgIpc) is 2.94. The molecule has 2 saturated heterocycles. The Morgan fingerprint density at radius 2 is 2.10 bits per heavy atom. The van der Waals surface area contributed by atoms with E-state index in [0.717, 1.165) is 19.4 Å². The molecule has 2 atom stereocenters. The summed E-state index contributed by atoms with van der Waals surface area (Å²) in [6.07, 6.45) is 4.71. The number of likely N-dealkylation sites (tertiary alicyclic amines) is 1. The minimum atomic E-state index is -1.01. The first-order chi connectivity index (χ1) is 10.0. The Bertz CT molecular complexity index is 558. The number of carbonyl (C=O) groups is 2. The molecular formula is C13H19N5O3. The Morgan fingerprint density at radius 3 is 2.86 bits per heavy atom. The highest BCUT2D eigenvalue weighted by Crippen LogP contribution is 2.28. The van der Waals surface area contributed by atoms with Crippen molar-refractivity contribution < 1.29 is 14.7 Å². The molecule has 3 rings (SSSR count). The van der Waals surface area contributed by atoms with Crippen LogP contribution < -0.4 is 0 Å². The molecule has 2 aliphatic rings. The molecule has 2 aliphatic heterocycles. The van der Waals surface area contributed by atoms with Crippen LogP contribution in [0.15, 0.2) is 6.20 Å². The summed E-state index contributed by atoms with van der Waals surface area (Å²) in [5.74, 6) is -1.17. The molecule has 2 bridgehead atoms. The lowest BCUT2D eigenvalue weighted by Gasteiger charge is -2.25. The summed E-state index contributed by atoms with van der Waals surface area (Å²) in [4.78, 5) is 27.3. The van der Waals surface area contributed by atoms with Crippen molar-refractivity contribution >= 4 is 11.9 Å². The van der Waals surface area contributed by atoms with Gasteiger partial charge in [0.05, 0.1) is 6.20 Å². The van der Waals surface area contributed by atoms with E-state index in [0.29, 0.717) is 18.6 Å². The fourth-order valence-electron chi connectivity index (χ4n) is 3.27. The molecule has 1 amide bonds. The number of carbonyl (C=O) groups excluding carboxylic acids is 1. The second-order valence-corrected chi connectivity index (χ2v) is 5.79. The zero-order valence-corrected chi connectivity index (χ0v) is 12.0. The average molecular weight is 293 g/mol. The first kappa shape index (κ1) is 14.0. The van der Waals surface area contributed by atoms with Crippen LogP contribution in [0.2, 0.25) is 0 Å². The number of carboxylic acids is 1. The maximum Gasteiger partial charge on any atom is 0.325 e. The largest absolute Gasteiger partial charge is 0.480 e. The molecule has 0 aromatic carbocycles. The van der Waals surface area contributed by atoms with Gasteiger partial charge in [-0.1, -0.05) is 5.21 Å². The van der Waals surface area contributed by atoms with Crippen LogP contribution in [0.4, 0.5) is 0 Å². The zero-order valence-electron chi connectivity index (χ0n) is 12.0. The molecule has 8 heteroatoms. The van der Waals surface area contributed by atoms with Gasteiger partial charge in [0.25, 0.3) is 5.91 Å². The summed E-state index contributed by atoms with van der Waals surface area (Å²) in [7, 11) is 2.12. The zero-order chi connectivity index (χ0) is 15.0. The summed E-state index contributed by atoms with van der Waals surface area (Å²) in [6.45, 7) is 1.14. The maximum absolute atomic E-state index is 12.5. The van der Waals surface area contributed by atoms with Gasteiger partial charge in [-0.2, -0.15) is 0 Å². The van der Waals surface area contributed by atoms with E-state index in [4.69, 9.17) is 5.11 Å². The minimum absolute atomic E-state index is 0.160. The number of fused-ring (bicyclic) bond motifs is 2. The van der Waals surface area contributed by atoms with E-state index in [-0.39, 0.29) is 18.1 Å². The number of nitrogens with zero attached hydrogens (tertiary/aromatic N) is 5. The van der Waals surface area contributed by atoms with E-state index in [1.165, 1.54) is 17.3 Å². The van der Waals surface area contributed by atoms with E-state index in [9.17, 15) is 9.59 Å². The monoisotopic (exact) mass is 293 g/mol. The van der Waals surface area contributed by atoms with Crippen LogP contribution >= 0.6 is 0 Å². The fraction of sp³-hybridized carbons (Fsp3) is 0.692. The quantitative estimate of drug-likeness (QED) is 0.820. The molecule has 0 radical (unpaired) electrons. The van der Waals surface area contributed by atoms with Gasteiger partial charge < -0.3 is 10.0 Å². The molecule has 2 fully saturated rings. The van der Waals surface area contributed by atoms with Crippen LogP contribution in [-0.4, -0.2) is 74.0 Å². The predicted octanol–water partition coefficient (Wildman–Crippen LogP) is -0.329. The van der Waals surface area contributed by atoms with E-state index >= 15 is 0 Å². The molecule has 1 aromatic heterocycles. The predicted molar refractivity (Wildman–Crippen MR) is 72.8 cm³/mol. The fourth-order valence-corrected chi connectivity index (χ4v) is 3.27. The van der Waals surface area contributed by atoms with Crippen LogP contribution in [0, 0.1) is 0 Å². The minimum Gasteiger partial charge on any atom is -0.480 e. The molecule has 1 aromatic rings. The van der Waals surface area contributed by atoms with Gasteiger partial charge in [0.15, 0.2) is 5.69 Å². The summed E-state index contributed by atoms with van der Waals surface area (Å²) in [6, 6.07) is 0.978. The van der Waals surface area contributed by atoms with Crippen LogP contribution in [0.3, 0.4) is 0 Å². The molecule has 1 N–H and O–H groups in total. The Hall–Kier alpha value is -1.96. The number of hydrogen-bond acceptors (Lipinski definition) is 5. The number of likely N-dealkylation sites (N-methyl/N-ethyl adjacent to an activating group) is 1. The van der Waals surface area contributed by atoms with Gasteiger partial charge in [-0.15, -0.1) is 5.10 Å². The third-order valence-corrected chi connectivity index (χ3v) is 4.49. The number of aromatic nitrogens is 3. The molecule has 21 heavy (non-hydrogen) atoms. The molecule has 114 valence electrons. The summed E-state index contributed by atoms with van der Waals surface area (Å²) in [5.41, 5.74) is 0.219. The standard InChI is InChI=1S/C13H19N5O3/c1-16-9-2-3-10(16)6-17(5-4-9)13(21)11-7-18(15-14-11)8-12(19)20/h7,9-10H,2-6,8H2,1H3,(H,19,20). The normalized spacial score (nSPS) is 25.9. The molecule has 0 aliphatic carbocycles. The smallest absolute Gasteiger partial charge is 0.325 e. The third-order valence-electron chi connectivity index (χ3n) is 4.49. The number of hydrogen-bond donors (Lipinski definition) is 1.